The summed E-state index contributed by atoms with van der Waals surface area (Å²) in [5, 5.41) is 2.90. The van der Waals surface area contributed by atoms with E-state index < -0.39 is 0 Å². The Hall–Kier alpha value is -1.62. The Morgan fingerprint density at radius 1 is 1.38 bits per heavy atom. The van der Waals surface area contributed by atoms with Gasteiger partial charge in [0.2, 0.25) is 5.91 Å². The predicted molar refractivity (Wildman–Crippen MR) is 83.3 cm³/mol. The van der Waals surface area contributed by atoms with E-state index >= 15 is 0 Å². The Morgan fingerprint density at radius 2 is 2.29 bits per heavy atom. The van der Waals surface area contributed by atoms with Crippen LogP contribution in [0.15, 0.2) is 12.1 Å². The van der Waals surface area contributed by atoms with Crippen LogP contribution in [0, 0.1) is 5.92 Å². The summed E-state index contributed by atoms with van der Waals surface area (Å²) >= 11 is 0. The molecule has 5 heteroatoms. The van der Waals surface area contributed by atoms with Crippen molar-refractivity contribution in [2.75, 3.05) is 31.1 Å². The molecule has 1 aromatic rings. The maximum Gasteiger partial charge on any atom is 0.224 e. The van der Waals surface area contributed by atoms with E-state index in [4.69, 9.17) is 10.7 Å². The zero-order valence-corrected chi connectivity index (χ0v) is 12.5. The Bertz CT molecular complexity index is 517. The van der Waals surface area contributed by atoms with Gasteiger partial charge in [0.15, 0.2) is 0 Å². The molecule has 0 saturated carbocycles. The van der Waals surface area contributed by atoms with Crippen molar-refractivity contribution in [3.63, 3.8) is 0 Å². The highest BCUT2D eigenvalue weighted by Gasteiger charge is 2.26. The van der Waals surface area contributed by atoms with E-state index in [0.717, 1.165) is 44.6 Å². The van der Waals surface area contributed by atoms with Gasteiger partial charge in [-0.3, -0.25) is 4.79 Å². The van der Waals surface area contributed by atoms with Crippen LogP contribution in [0.5, 0.6) is 0 Å². The molecule has 5 nitrogen and oxygen atoms in total. The van der Waals surface area contributed by atoms with Crippen LogP contribution in [0.3, 0.4) is 0 Å². The molecule has 21 heavy (non-hydrogen) atoms. The summed E-state index contributed by atoms with van der Waals surface area (Å²) in [6, 6.07) is 4.33. The van der Waals surface area contributed by atoms with Crippen molar-refractivity contribution >= 4 is 11.7 Å². The number of nitrogens with one attached hydrogen (secondary N) is 1. The molecule has 114 valence electrons. The van der Waals surface area contributed by atoms with Gasteiger partial charge in [-0.1, -0.05) is 6.07 Å². The molecule has 0 spiro atoms. The number of amides is 1. The number of fused-ring (bicyclic) bond motifs is 1. The van der Waals surface area contributed by atoms with Crippen LogP contribution in [-0.2, 0) is 17.6 Å². The van der Waals surface area contributed by atoms with E-state index in [2.05, 4.69) is 22.3 Å². The van der Waals surface area contributed by atoms with E-state index in [1.54, 1.807) is 0 Å². The van der Waals surface area contributed by atoms with Crippen LogP contribution >= 0.6 is 0 Å². The van der Waals surface area contributed by atoms with Crippen molar-refractivity contribution in [1.29, 1.82) is 0 Å². The lowest BCUT2D eigenvalue weighted by molar-refractivity contribution is -0.125. The van der Waals surface area contributed by atoms with E-state index in [-0.39, 0.29) is 11.8 Å². The molecular weight excluding hydrogens is 264 g/mol. The van der Waals surface area contributed by atoms with Gasteiger partial charge in [-0.25, -0.2) is 4.98 Å². The SMILES string of the molecule is NCCNC(=O)C1CCCN(c2ccc3c(n2)CCC3)C1. The number of hydrogen-bond acceptors (Lipinski definition) is 4. The van der Waals surface area contributed by atoms with Crippen LogP contribution in [0.1, 0.15) is 30.5 Å². The predicted octanol–water partition coefficient (Wildman–Crippen LogP) is 0.862. The van der Waals surface area contributed by atoms with Crippen molar-refractivity contribution in [2.24, 2.45) is 11.7 Å². The van der Waals surface area contributed by atoms with Gasteiger partial charge in [0, 0.05) is 31.9 Å². The molecule has 3 N–H and O–H groups in total. The molecule has 2 aliphatic rings. The maximum atomic E-state index is 12.1. The van der Waals surface area contributed by atoms with Crippen molar-refractivity contribution < 1.29 is 4.79 Å². The summed E-state index contributed by atoms with van der Waals surface area (Å²) in [4.78, 5) is 19.2. The number of piperidine rings is 1. The van der Waals surface area contributed by atoms with Crippen LogP contribution in [-0.4, -0.2) is 37.1 Å². The second-order valence-electron chi connectivity index (χ2n) is 5.99. The molecule has 0 aromatic carbocycles. The van der Waals surface area contributed by atoms with Gasteiger partial charge in [-0.15, -0.1) is 0 Å². The summed E-state index contributed by atoms with van der Waals surface area (Å²) in [6.07, 6.45) is 5.47. The molecular formula is C16H24N4O. The Kier molecular flexibility index (Phi) is 4.39. The first-order valence-electron chi connectivity index (χ1n) is 7.99. The number of carbonyl (C=O) groups excluding carboxylic acids is 1. The summed E-state index contributed by atoms with van der Waals surface area (Å²) in [6.45, 7) is 2.82. The van der Waals surface area contributed by atoms with Gasteiger partial charge in [0.25, 0.3) is 0 Å². The highest BCUT2D eigenvalue weighted by molar-refractivity contribution is 5.79. The highest BCUT2D eigenvalue weighted by Crippen LogP contribution is 2.26. The van der Waals surface area contributed by atoms with Gasteiger partial charge < -0.3 is 16.0 Å². The van der Waals surface area contributed by atoms with Crippen molar-refractivity contribution in [3.05, 3.63) is 23.4 Å². The fourth-order valence-electron chi connectivity index (χ4n) is 3.32. The number of pyridine rings is 1. The summed E-state index contributed by atoms with van der Waals surface area (Å²) < 4.78 is 0. The van der Waals surface area contributed by atoms with Gasteiger partial charge in [-0.2, -0.15) is 0 Å². The number of rotatable bonds is 4. The number of anilines is 1. The molecule has 1 aliphatic carbocycles. The topological polar surface area (TPSA) is 71.2 Å². The molecule has 1 unspecified atom stereocenters. The van der Waals surface area contributed by atoms with Crippen LogP contribution < -0.4 is 16.0 Å². The summed E-state index contributed by atoms with van der Waals surface area (Å²) in [5.41, 5.74) is 8.09. The van der Waals surface area contributed by atoms with Crippen LogP contribution in [0.25, 0.3) is 0 Å². The van der Waals surface area contributed by atoms with Crippen LogP contribution in [0.2, 0.25) is 0 Å². The molecule has 2 heterocycles. The molecule has 1 saturated heterocycles. The Morgan fingerprint density at radius 3 is 3.14 bits per heavy atom. The molecule has 1 amide bonds. The third kappa shape index (κ3) is 3.18. The van der Waals surface area contributed by atoms with Crippen molar-refractivity contribution in [2.45, 2.75) is 32.1 Å². The summed E-state index contributed by atoms with van der Waals surface area (Å²) in [7, 11) is 0. The minimum atomic E-state index is 0.0559. The van der Waals surface area contributed by atoms with Gasteiger partial charge in [-0.05, 0) is 43.7 Å². The first-order valence-corrected chi connectivity index (χ1v) is 7.99. The standard InChI is InChI=1S/C16H24N4O/c17-8-9-18-16(21)13-4-2-10-20(11-13)15-7-6-12-3-1-5-14(12)19-15/h6-7,13H,1-5,8-11,17H2,(H,18,21). The number of carbonyl (C=O) groups is 1. The minimum Gasteiger partial charge on any atom is -0.356 e. The van der Waals surface area contributed by atoms with E-state index in [1.165, 1.54) is 17.7 Å². The maximum absolute atomic E-state index is 12.1. The number of nitrogens with zero attached hydrogens (tertiary/aromatic N) is 2. The molecule has 0 bridgehead atoms. The summed E-state index contributed by atoms with van der Waals surface area (Å²) in [5.74, 6) is 1.22. The minimum absolute atomic E-state index is 0.0559. The third-order valence-corrected chi connectivity index (χ3v) is 4.47. The molecule has 1 atom stereocenters. The Balaban J connectivity index is 1.67. The largest absolute Gasteiger partial charge is 0.356 e. The van der Waals surface area contributed by atoms with Gasteiger partial charge in [0.05, 0.1) is 5.92 Å². The van der Waals surface area contributed by atoms with Crippen molar-refractivity contribution in [1.82, 2.24) is 10.3 Å². The highest BCUT2D eigenvalue weighted by atomic mass is 16.1. The smallest absolute Gasteiger partial charge is 0.224 e. The van der Waals surface area contributed by atoms with Gasteiger partial charge >= 0.3 is 0 Å². The van der Waals surface area contributed by atoms with E-state index in [1.807, 2.05) is 0 Å². The fourth-order valence-corrected chi connectivity index (χ4v) is 3.32. The average molecular weight is 288 g/mol. The lowest BCUT2D eigenvalue weighted by atomic mass is 9.97. The first-order chi connectivity index (χ1) is 10.3. The molecule has 1 aromatic heterocycles. The zero-order chi connectivity index (χ0) is 14.7. The third-order valence-electron chi connectivity index (χ3n) is 4.47. The number of aryl methyl sites for hydroxylation is 2. The van der Waals surface area contributed by atoms with Crippen molar-refractivity contribution in [3.8, 4) is 0 Å². The average Bonchev–Trinajstić information content (AvgIpc) is 3.00. The second kappa shape index (κ2) is 6.43. The second-order valence-corrected chi connectivity index (χ2v) is 5.99. The lowest BCUT2D eigenvalue weighted by Gasteiger charge is -2.33. The fraction of sp³-hybridized carbons (Fsp3) is 0.625. The van der Waals surface area contributed by atoms with Crippen LogP contribution in [0.4, 0.5) is 5.82 Å². The quantitative estimate of drug-likeness (QED) is 0.862. The van der Waals surface area contributed by atoms with E-state index in [9.17, 15) is 4.79 Å². The zero-order valence-electron chi connectivity index (χ0n) is 12.5. The monoisotopic (exact) mass is 288 g/mol. The first kappa shape index (κ1) is 14.3. The van der Waals surface area contributed by atoms with E-state index in [0.29, 0.717) is 13.1 Å². The molecule has 0 radical (unpaired) electrons. The lowest BCUT2D eigenvalue weighted by Crippen LogP contribution is -2.44. The number of aromatic nitrogens is 1. The Labute approximate surface area is 125 Å². The normalized spacial score (nSPS) is 21.2. The molecule has 3 rings (SSSR count). The van der Waals surface area contributed by atoms with Gasteiger partial charge in [0.1, 0.15) is 5.82 Å². The number of nitrogens with two attached hydrogens (primary N) is 1. The molecule has 1 aliphatic heterocycles. The molecule has 1 fully saturated rings. The number of hydrogen-bond donors (Lipinski definition) is 2.